The molecule has 2 amide bonds. The molecule has 0 spiro atoms. The highest BCUT2D eigenvalue weighted by Crippen LogP contribution is 2.16. The van der Waals surface area contributed by atoms with Crippen molar-refractivity contribution in [3.05, 3.63) is 60.2 Å². The zero-order valence-corrected chi connectivity index (χ0v) is 18.0. The largest absolute Gasteiger partial charge is 0.480 e. The quantitative estimate of drug-likeness (QED) is 0.568. The molecule has 0 bridgehead atoms. The van der Waals surface area contributed by atoms with Crippen LogP contribution in [0.1, 0.15) is 12.0 Å². The van der Waals surface area contributed by atoms with Gasteiger partial charge in [0.2, 0.25) is 10.0 Å². The topological polar surface area (TPSA) is 125 Å². The summed E-state index contributed by atoms with van der Waals surface area (Å²) >= 11 is 0. The van der Waals surface area contributed by atoms with Gasteiger partial charge in [-0.3, -0.25) is 4.79 Å². The van der Waals surface area contributed by atoms with Gasteiger partial charge in [-0.25, -0.2) is 13.2 Å². The van der Waals surface area contributed by atoms with Gasteiger partial charge < -0.3 is 20.1 Å². The van der Waals surface area contributed by atoms with Gasteiger partial charge in [0, 0.05) is 30.8 Å². The lowest BCUT2D eigenvalue weighted by atomic mass is 10.2. The number of nitrogens with zero attached hydrogens (tertiary/aromatic N) is 1. The lowest BCUT2D eigenvalue weighted by molar-refractivity contribution is -0.138. The van der Waals surface area contributed by atoms with Gasteiger partial charge in [0.05, 0.1) is 18.1 Å². The van der Waals surface area contributed by atoms with Crippen molar-refractivity contribution < 1.29 is 27.9 Å². The number of nitrogens with one attached hydrogen (secondary N) is 2. The standard InChI is InChI=1S/C22H23N3O6S/c26-21(27)20(8-4-7-17-5-2-1-3-6-17)24-32(29,30)19-11-9-18(10-12-19)23-22(28)25-13-15-31-16-14-25/h1-3,5-6,9-12,20,24H,8,13-16H2,(H,23,28)(H,26,27). The summed E-state index contributed by atoms with van der Waals surface area (Å²) in [4.78, 5) is 25.2. The van der Waals surface area contributed by atoms with Gasteiger partial charge in [0.15, 0.2) is 0 Å². The van der Waals surface area contributed by atoms with Crippen molar-refractivity contribution >= 4 is 27.7 Å². The van der Waals surface area contributed by atoms with E-state index in [9.17, 15) is 23.1 Å². The van der Waals surface area contributed by atoms with Crippen molar-refractivity contribution in [3.8, 4) is 11.8 Å². The Kier molecular flexibility index (Phi) is 7.83. The molecule has 1 heterocycles. The SMILES string of the molecule is O=C(O)C(CC#Cc1ccccc1)NS(=O)(=O)c1ccc(NC(=O)N2CCOCC2)cc1. The minimum atomic E-state index is -4.10. The number of aliphatic carboxylic acids is 1. The molecule has 3 N–H and O–H groups in total. The second-order valence-corrected chi connectivity index (χ2v) is 8.65. The van der Waals surface area contributed by atoms with Crippen LogP contribution in [-0.4, -0.2) is 62.8 Å². The van der Waals surface area contributed by atoms with Gasteiger partial charge >= 0.3 is 12.0 Å². The van der Waals surface area contributed by atoms with Gasteiger partial charge in [0.1, 0.15) is 6.04 Å². The molecule has 32 heavy (non-hydrogen) atoms. The third-order valence-electron chi connectivity index (χ3n) is 4.62. The number of benzene rings is 2. The first-order valence-electron chi connectivity index (χ1n) is 9.88. The summed E-state index contributed by atoms with van der Waals surface area (Å²) in [5.74, 6) is 4.18. The Hall–Kier alpha value is -3.39. The van der Waals surface area contributed by atoms with Gasteiger partial charge in [-0.1, -0.05) is 30.0 Å². The summed E-state index contributed by atoms with van der Waals surface area (Å²) in [5.41, 5.74) is 1.12. The van der Waals surface area contributed by atoms with Crippen molar-refractivity contribution in [3.63, 3.8) is 0 Å². The number of amides is 2. The predicted octanol–water partition coefficient (Wildman–Crippen LogP) is 1.72. The van der Waals surface area contributed by atoms with Crippen molar-refractivity contribution in [2.45, 2.75) is 17.4 Å². The van der Waals surface area contributed by atoms with E-state index in [-0.39, 0.29) is 17.3 Å². The smallest absolute Gasteiger partial charge is 0.322 e. The van der Waals surface area contributed by atoms with Crippen molar-refractivity contribution in [1.82, 2.24) is 9.62 Å². The van der Waals surface area contributed by atoms with E-state index in [1.807, 2.05) is 6.07 Å². The van der Waals surface area contributed by atoms with Crippen molar-refractivity contribution in [2.24, 2.45) is 0 Å². The van der Waals surface area contributed by atoms with E-state index in [0.29, 0.717) is 37.6 Å². The van der Waals surface area contributed by atoms with E-state index >= 15 is 0 Å². The molecule has 1 saturated heterocycles. The molecule has 1 aliphatic rings. The van der Waals surface area contributed by atoms with Crippen LogP contribution in [0.2, 0.25) is 0 Å². The molecule has 0 aliphatic carbocycles. The van der Waals surface area contributed by atoms with Gasteiger partial charge in [-0.15, -0.1) is 0 Å². The highest BCUT2D eigenvalue weighted by molar-refractivity contribution is 7.89. The summed E-state index contributed by atoms with van der Waals surface area (Å²) in [6.45, 7) is 1.89. The number of sulfonamides is 1. The lowest BCUT2D eigenvalue weighted by Crippen LogP contribution is -2.43. The third-order valence-corrected chi connectivity index (χ3v) is 6.11. The molecule has 10 heteroatoms. The van der Waals surface area contributed by atoms with Crippen molar-refractivity contribution in [1.29, 1.82) is 0 Å². The van der Waals surface area contributed by atoms with E-state index in [1.54, 1.807) is 29.2 Å². The molecule has 1 unspecified atom stereocenters. The normalized spacial score (nSPS) is 14.7. The highest BCUT2D eigenvalue weighted by Gasteiger charge is 2.25. The summed E-state index contributed by atoms with van der Waals surface area (Å²) in [6.07, 6.45) is -0.197. The fourth-order valence-electron chi connectivity index (χ4n) is 2.90. The fraction of sp³-hybridized carbons (Fsp3) is 0.273. The Labute approximate surface area is 186 Å². The summed E-state index contributed by atoms with van der Waals surface area (Å²) in [6, 6.07) is 12.7. The molecule has 1 aliphatic heterocycles. The van der Waals surface area contributed by atoms with Crippen LogP contribution in [0.4, 0.5) is 10.5 Å². The third kappa shape index (κ3) is 6.55. The first kappa shape index (κ1) is 23.3. The Morgan fingerprint density at radius 2 is 1.72 bits per heavy atom. The van der Waals surface area contributed by atoms with Crippen LogP contribution in [0.5, 0.6) is 0 Å². The number of hydrogen-bond donors (Lipinski definition) is 3. The van der Waals surface area contributed by atoms with Crippen LogP contribution in [0.25, 0.3) is 0 Å². The Balaban J connectivity index is 1.63. The number of carboxylic acids is 1. The molecule has 168 valence electrons. The average Bonchev–Trinajstić information content (AvgIpc) is 2.80. The number of morpholine rings is 1. The van der Waals surface area contributed by atoms with E-state index in [4.69, 9.17) is 4.74 Å². The van der Waals surface area contributed by atoms with Gasteiger partial charge in [0.25, 0.3) is 0 Å². The monoisotopic (exact) mass is 457 g/mol. The van der Waals surface area contributed by atoms with Crippen LogP contribution in [-0.2, 0) is 19.6 Å². The van der Waals surface area contributed by atoms with E-state index in [2.05, 4.69) is 21.9 Å². The Morgan fingerprint density at radius 1 is 1.06 bits per heavy atom. The van der Waals surface area contributed by atoms with Crippen LogP contribution >= 0.6 is 0 Å². The lowest BCUT2D eigenvalue weighted by Gasteiger charge is -2.26. The highest BCUT2D eigenvalue weighted by atomic mass is 32.2. The molecule has 0 aromatic heterocycles. The maximum absolute atomic E-state index is 12.6. The van der Waals surface area contributed by atoms with Crippen molar-refractivity contribution in [2.75, 3.05) is 31.6 Å². The van der Waals surface area contributed by atoms with Crippen LogP contribution < -0.4 is 10.0 Å². The minimum Gasteiger partial charge on any atom is -0.480 e. The Bertz CT molecular complexity index is 1100. The minimum absolute atomic E-state index is 0.121. The number of carbonyl (C=O) groups excluding carboxylic acids is 1. The zero-order valence-electron chi connectivity index (χ0n) is 17.2. The number of urea groups is 1. The maximum atomic E-state index is 12.6. The van der Waals surface area contributed by atoms with Crippen LogP contribution in [0.15, 0.2) is 59.5 Å². The molecule has 0 saturated carbocycles. The molecule has 1 atom stereocenters. The Morgan fingerprint density at radius 3 is 2.34 bits per heavy atom. The van der Waals surface area contributed by atoms with E-state index in [1.165, 1.54) is 24.3 Å². The molecule has 2 aromatic carbocycles. The first-order valence-corrected chi connectivity index (χ1v) is 11.4. The van der Waals surface area contributed by atoms with Gasteiger partial charge in [-0.2, -0.15) is 4.72 Å². The summed E-state index contributed by atoms with van der Waals surface area (Å²) in [5, 5.41) is 12.1. The number of hydrogen-bond acceptors (Lipinski definition) is 5. The molecule has 9 nitrogen and oxygen atoms in total. The molecule has 3 rings (SSSR count). The number of carbonyl (C=O) groups is 2. The molecule has 0 radical (unpaired) electrons. The summed E-state index contributed by atoms with van der Waals surface area (Å²) in [7, 11) is -4.10. The molecular formula is C22H23N3O6S. The maximum Gasteiger partial charge on any atom is 0.322 e. The molecular weight excluding hydrogens is 434 g/mol. The van der Waals surface area contributed by atoms with Crippen LogP contribution in [0.3, 0.4) is 0 Å². The zero-order chi connectivity index (χ0) is 23.0. The number of anilines is 1. The second-order valence-electron chi connectivity index (χ2n) is 6.94. The predicted molar refractivity (Wildman–Crippen MR) is 118 cm³/mol. The summed E-state index contributed by atoms with van der Waals surface area (Å²) < 4.78 is 32.6. The molecule has 2 aromatic rings. The number of ether oxygens (including phenoxy) is 1. The fourth-order valence-corrected chi connectivity index (χ4v) is 4.09. The van der Waals surface area contributed by atoms with E-state index in [0.717, 1.165) is 0 Å². The average molecular weight is 458 g/mol. The second kappa shape index (κ2) is 10.8. The first-order chi connectivity index (χ1) is 15.3. The van der Waals surface area contributed by atoms with E-state index < -0.39 is 22.0 Å². The molecule has 1 fully saturated rings. The number of carboxylic acid groups (broad SMARTS) is 1. The van der Waals surface area contributed by atoms with Gasteiger partial charge in [-0.05, 0) is 36.4 Å². The van der Waals surface area contributed by atoms with Crippen LogP contribution in [0, 0.1) is 11.8 Å². The number of rotatable bonds is 6.